The molecule has 0 saturated carbocycles. The molecule has 0 amide bonds. The molecule has 1 aromatic rings. The molecular formula is C9H12N4. The van der Waals surface area contributed by atoms with Crippen LogP contribution in [0.1, 0.15) is 13.3 Å². The van der Waals surface area contributed by atoms with Gasteiger partial charge in [-0.3, -0.25) is 0 Å². The van der Waals surface area contributed by atoms with E-state index in [1.165, 1.54) is 0 Å². The van der Waals surface area contributed by atoms with Gasteiger partial charge in [-0.2, -0.15) is 5.10 Å². The molecule has 68 valence electrons. The molecule has 1 atom stereocenters. The van der Waals surface area contributed by atoms with Gasteiger partial charge in [0.15, 0.2) is 0 Å². The van der Waals surface area contributed by atoms with E-state index in [-0.39, 0.29) is 0 Å². The molecule has 0 aromatic carbocycles. The fourth-order valence-electron chi connectivity index (χ4n) is 1.43. The molecule has 0 unspecified atom stereocenters. The minimum atomic E-state index is 0.315. The van der Waals surface area contributed by atoms with Gasteiger partial charge < -0.3 is 5.73 Å². The Balaban J connectivity index is 2.27. The number of hydrogen-bond acceptors (Lipinski definition) is 4. The zero-order valence-electron chi connectivity index (χ0n) is 7.51. The first-order chi connectivity index (χ1) is 6.27. The minimum absolute atomic E-state index is 0.315. The summed E-state index contributed by atoms with van der Waals surface area (Å²) >= 11 is 0. The summed E-state index contributed by atoms with van der Waals surface area (Å²) in [6.45, 7) is 2.08. The molecule has 13 heavy (non-hydrogen) atoms. The highest BCUT2D eigenvalue weighted by molar-refractivity contribution is 5.84. The van der Waals surface area contributed by atoms with E-state index in [1.54, 1.807) is 6.20 Å². The number of hydrazone groups is 1. The van der Waals surface area contributed by atoms with Crippen LogP contribution < -0.4 is 10.7 Å². The van der Waals surface area contributed by atoms with Crippen molar-refractivity contribution in [3.63, 3.8) is 0 Å². The SMILES string of the molecule is C[C@H]1CC(N)=NN1c1ccccn1. The van der Waals surface area contributed by atoms with Gasteiger partial charge in [0.2, 0.25) is 0 Å². The lowest BCUT2D eigenvalue weighted by molar-refractivity contribution is 0.713. The maximum Gasteiger partial charge on any atom is 0.149 e. The molecule has 2 N–H and O–H groups in total. The van der Waals surface area contributed by atoms with Crippen molar-refractivity contribution in [1.82, 2.24) is 4.98 Å². The monoisotopic (exact) mass is 176 g/mol. The maximum absolute atomic E-state index is 5.63. The molecule has 1 aromatic heterocycles. The molecule has 0 aliphatic carbocycles. The zero-order chi connectivity index (χ0) is 9.26. The van der Waals surface area contributed by atoms with Crippen LogP contribution in [0, 0.1) is 0 Å². The second-order valence-electron chi connectivity index (χ2n) is 3.18. The van der Waals surface area contributed by atoms with Gasteiger partial charge in [-0.1, -0.05) is 6.07 Å². The van der Waals surface area contributed by atoms with E-state index in [2.05, 4.69) is 17.0 Å². The molecule has 1 aliphatic heterocycles. The van der Waals surface area contributed by atoms with Crippen LogP contribution in [-0.4, -0.2) is 16.9 Å². The molecule has 0 saturated heterocycles. The molecule has 0 fully saturated rings. The van der Waals surface area contributed by atoms with Crippen molar-refractivity contribution in [2.24, 2.45) is 10.8 Å². The van der Waals surface area contributed by atoms with E-state index in [4.69, 9.17) is 5.73 Å². The summed E-state index contributed by atoms with van der Waals surface area (Å²) in [4.78, 5) is 4.21. The van der Waals surface area contributed by atoms with E-state index >= 15 is 0 Å². The fraction of sp³-hybridized carbons (Fsp3) is 0.333. The van der Waals surface area contributed by atoms with Gasteiger partial charge in [-0.05, 0) is 19.1 Å². The minimum Gasteiger partial charge on any atom is -0.386 e. The molecule has 2 rings (SSSR count). The first-order valence-corrected chi connectivity index (χ1v) is 4.30. The zero-order valence-corrected chi connectivity index (χ0v) is 7.51. The highest BCUT2D eigenvalue weighted by atomic mass is 15.5. The van der Waals surface area contributed by atoms with Crippen LogP contribution in [0.5, 0.6) is 0 Å². The van der Waals surface area contributed by atoms with Crippen molar-refractivity contribution in [2.75, 3.05) is 5.01 Å². The summed E-state index contributed by atoms with van der Waals surface area (Å²) in [7, 11) is 0. The fourth-order valence-corrected chi connectivity index (χ4v) is 1.43. The highest BCUT2D eigenvalue weighted by Gasteiger charge is 2.22. The summed E-state index contributed by atoms with van der Waals surface area (Å²) in [5.41, 5.74) is 5.63. The normalized spacial score (nSPS) is 21.8. The van der Waals surface area contributed by atoms with Crippen LogP contribution in [0.3, 0.4) is 0 Å². The summed E-state index contributed by atoms with van der Waals surface area (Å²) in [5.74, 6) is 1.54. The standard InChI is InChI=1S/C9H12N4/c1-7-6-8(10)12-13(7)9-4-2-3-5-11-9/h2-5,7H,6H2,1H3,(H2,10,12)/t7-/m0/s1. The van der Waals surface area contributed by atoms with Gasteiger partial charge in [-0.25, -0.2) is 9.99 Å². The van der Waals surface area contributed by atoms with Gasteiger partial charge in [0.1, 0.15) is 11.7 Å². The number of anilines is 1. The highest BCUT2D eigenvalue weighted by Crippen LogP contribution is 2.19. The number of hydrogen-bond donors (Lipinski definition) is 1. The summed E-state index contributed by atoms with van der Waals surface area (Å²) < 4.78 is 0. The van der Waals surface area contributed by atoms with E-state index in [0.717, 1.165) is 12.2 Å². The Morgan fingerprint density at radius 3 is 2.92 bits per heavy atom. The molecule has 1 aliphatic rings. The second-order valence-corrected chi connectivity index (χ2v) is 3.18. The summed E-state index contributed by atoms with van der Waals surface area (Å²) in [6, 6.07) is 6.07. The third kappa shape index (κ3) is 1.47. The van der Waals surface area contributed by atoms with E-state index in [0.29, 0.717) is 11.9 Å². The average Bonchev–Trinajstić information content (AvgIpc) is 2.47. The third-order valence-electron chi connectivity index (χ3n) is 2.04. The quantitative estimate of drug-likeness (QED) is 0.693. The Morgan fingerprint density at radius 2 is 2.38 bits per heavy atom. The number of aromatic nitrogens is 1. The Kier molecular flexibility index (Phi) is 1.88. The Morgan fingerprint density at radius 1 is 1.54 bits per heavy atom. The second kappa shape index (κ2) is 3.05. The van der Waals surface area contributed by atoms with Gasteiger partial charge in [0.05, 0.1) is 6.04 Å². The van der Waals surface area contributed by atoms with Crippen molar-refractivity contribution in [1.29, 1.82) is 0 Å². The van der Waals surface area contributed by atoms with Crippen LogP contribution in [0.15, 0.2) is 29.5 Å². The summed E-state index contributed by atoms with van der Waals surface area (Å²) in [6.07, 6.45) is 2.57. The number of nitrogens with two attached hydrogens (primary N) is 1. The predicted octanol–water partition coefficient (Wildman–Crippen LogP) is 0.952. The van der Waals surface area contributed by atoms with Gasteiger partial charge in [0, 0.05) is 12.6 Å². The van der Waals surface area contributed by atoms with Crippen LogP contribution >= 0.6 is 0 Å². The molecule has 4 heteroatoms. The van der Waals surface area contributed by atoms with Gasteiger partial charge in [0.25, 0.3) is 0 Å². The Labute approximate surface area is 77.1 Å². The lowest BCUT2D eigenvalue weighted by atomic mass is 10.2. The number of nitrogens with zero attached hydrogens (tertiary/aromatic N) is 3. The van der Waals surface area contributed by atoms with Crippen LogP contribution in [0.2, 0.25) is 0 Å². The molecule has 0 bridgehead atoms. The predicted molar refractivity (Wildman–Crippen MR) is 52.4 cm³/mol. The van der Waals surface area contributed by atoms with Crippen molar-refractivity contribution in [3.8, 4) is 0 Å². The molecule has 0 spiro atoms. The van der Waals surface area contributed by atoms with E-state index < -0.39 is 0 Å². The van der Waals surface area contributed by atoms with E-state index in [9.17, 15) is 0 Å². The molecule has 0 radical (unpaired) electrons. The van der Waals surface area contributed by atoms with Crippen LogP contribution in [0.4, 0.5) is 5.82 Å². The topological polar surface area (TPSA) is 54.5 Å². The first kappa shape index (κ1) is 8.04. The first-order valence-electron chi connectivity index (χ1n) is 4.30. The molecule has 4 nitrogen and oxygen atoms in total. The summed E-state index contributed by atoms with van der Waals surface area (Å²) in [5, 5.41) is 6.06. The number of amidine groups is 1. The third-order valence-corrected chi connectivity index (χ3v) is 2.04. The lowest BCUT2D eigenvalue weighted by Crippen LogP contribution is -2.23. The van der Waals surface area contributed by atoms with Gasteiger partial charge >= 0.3 is 0 Å². The van der Waals surface area contributed by atoms with Crippen LogP contribution in [-0.2, 0) is 0 Å². The molecule has 2 heterocycles. The maximum atomic E-state index is 5.63. The smallest absolute Gasteiger partial charge is 0.149 e. The van der Waals surface area contributed by atoms with Crippen molar-refractivity contribution in [3.05, 3.63) is 24.4 Å². The molecular weight excluding hydrogens is 164 g/mol. The van der Waals surface area contributed by atoms with Gasteiger partial charge in [-0.15, -0.1) is 0 Å². The van der Waals surface area contributed by atoms with Crippen molar-refractivity contribution >= 4 is 11.7 Å². The van der Waals surface area contributed by atoms with E-state index in [1.807, 2.05) is 23.2 Å². The van der Waals surface area contributed by atoms with Crippen LogP contribution in [0.25, 0.3) is 0 Å². The number of rotatable bonds is 1. The Hall–Kier alpha value is -1.58. The van der Waals surface area contributed by atoms with Crippen molar-refractivity contribution < 1.29 is 0 Å². The largest absolute Gasteiger partial charge is 0.386 e. The van der Waals surface area contributed by atoms with Crippen molar-refractivity contribution in [2.45, 2.75) is 19.4 Å². The lowest BCUT2D eigenvalue weighted by Gasteiger charge is -2.17. The Bertz CT molecular complexity index is 320. The number of pyridine rings is 1. The average molecular weight is 176 g/mol.